The van der Waals surface area contributed by atoms with Crippen LogP contribution < -0.4 is 14.8 Å². The lowest BCUT2D eigenvalue weighted by Gasteiger charge is -2.29. The first kappa shape index (κ1) is 31.0. The number of amides is 1. The monoisotopic (exact) mass is 563 g/mol. The maximum Gasteiger partial charge on any atom is 0.254 e. The Kier molecular flexibility index (Phi) is 12.3. The van der Waals surface area contributed by atoms with Crippen LogP contribution in [-0.4, -0.2) is 57.9 Å². The van der Waals surface area contributed by atoms with Crippen molar-refractivity contribution in [2.75, 3.05) is 47.1 Å². The lowest BCUT2D eigenvalue weighted by molar-refractivity contribution is 0.0704. The van der Waals surface area contributed by atoms with Crippen molar-refractivity contribution in [3.05, 3.63) is 95.1 Å². The van der Waals surface area contributed by atoms with Crippen LogP contribution in [0.25, 0.3) is 0 Å². The van der Waals surface area contributed by atoms with E-state index in [-0.39, 0.29) is 18.3 Å². The van der Waals surface area contributed by atoms with Gasteiger partial charge in [0.15, 0.2) is 11.5 Å². The number of ether oxygens (including phenoxy) is 3. The Morgan fingerprint density at radius 1 is 0.950 bits per heavy atom. The molecule has 0 aromatic heterocycles. The van der Waals surface area contributed by atoms with E-state index in [1.807, 2.05) is 23.1 Å². The van der Waals surface area contributed by atoms with Gasteiger partial charge in [-0.2, -0.15) is 5.26 Å². The van der Waals surface area contributed by atoms with Crippen LogP contribution in [0.4, 0.5) is 0 Å². The van der Waals surface area contributed by atoms with Gasteiger partial charge in [-0.15, -0.1) is 12.4 Å². The van der Waals surface area contributed by atoms with Gasteiger partial charge in [0.2, 0.25) is 0 Å². The topological polar surface area (TPSA) is 83.8 Å². The molecular weight excluding hydrogens is 526 g/mol. The maximum absolute atomic E-state index is 14.0. The zero-order chi connectivity index (χ0) is 27.5. The molecule has 4 rings (SSSR count). The van der Waals surface area contributed by atoms with Crippen molar-refractivity contribution in [1.82, 2.24) is 10.2 Å². The van der Waals surface area contributed by atoms with E-state index < -0.39 is 0 Å². The number of carbonyl (C=O) groups excluding carboxylic acids is 1. The Balaban J connectivity index is 0.00000441. The molecule has 1 aliphatic heterocycles. The third-order valence-corrected chi connectivity index (χ3v) is 7.18. The van der Waals surface area contributed by atoms with E-state index >= 15 is 0 Å². The SMILES string of the molecule is COCCCOc1cc(C(=O)N(Cc2ccc(C#N)cc2)C[C@H]2CNC[C@@H]2Cc2ccccc2)ccc1OC.Cl. The van der Waals surface area contributed by atoms with E-state index in [4.69, 9.17) is 14.2 Å². The molecule has 1 amide bonds. The zero-order valence-corrected chi connectivity index (χ0v) is 24.0. The highest BCUT2D eigenvalue weighted by Gasteiger charge is 2.31. The first-order valence-corrected chi connectivity index (χ1v) is 13.4. The predicted octanol–water partition coefficient (Wildman–Crippen LogP) is 5.12. The lowest BCUT2D eigenvalue weighted by atomic mass is 9.89. The molecule has 2 atom stereocenters. The number of methoxy groups -OCH3 is 2. The van der Waals surface area contributed by atoms with E-state index in [1.54, 1.807) is 44.6 Å². The summed E-state index contributed by atoms with van der Waals surface area (Å²) in [6, 6.07) is 25.5. The molecule has 40 heavy (non-hydrogen) atoms. The molecule has 1 fully saturated rings. The van der Waals surface area contributed by atoms with Crippen molar-refractivity contribution in [3.63, 3.8) is 0 Å². The Bertz CT molecular complexity index is 1250. The minimum atomic E-state index is -0.0610. The lowest BCUT2D eigenvalue weighted by Crippen LogP contribution is -2.37. The minimum absolute atomic E-state index is 0. The third-order valence-electron chi connectivity index (χ3n) is 7.18. The van der Waals surface area contributed by atoms with Crippen LogP contribution in [-0.2, 0) is 17.7 Å². The van der Waals surface area contributed by atoms with Crippen LogP contribution in [0, 0.1) is 23.2 Å². The summed E-state index contributed by atoms with van der Waals surface area (Å²) < 4.78 is 16.5. The number of hydrogen-bond donors (Lipinski definition) is 1. The summed E-state index contributed by atoms with van der Waals surface area (Å²) in [5.74, 6) is 1.82. The molecule has 0 aliphatic carbocycles. The van der Waals surface area contributed by atoms with Crippen molar-refractivity contribution < 1.29 is 19.0 Å². The number of nitriles is 1. The molecule has 1 aliphatic rings. The molecule has 0 bridgehead atoms. The van der Waals surface area contributed by atoms with Crippen molar-refractivity contribution in [1.29, 1.82) is 5.26 Å². The van der Waals surface area contributed by atoms with E-state index in [0.29, 0.717) is 60.8 Å². The van der Waals surface area contributed by atoms with E-state index in [9.17, 15) is 10.1 Å². The van der Waals surface area contributed by atoms with Gasteiger partial charge in [0.25, 0.3) is 5.91 Å². The van der Waals surface area contributed by atoms with Crippen LogP contribution in [0.3, 0.4) is 0 Å². The first-order valence-electron chi connectivity index (χ1n) is 13.4. The highest BCUT2D eigenvalue weighted by Crippen LogP contribution is 2.30. The Morgan fingerprint density at radius 3 is 2.40 bits per heavy atom. The Morgan fingerprint density at radius 2 is 1.70 bits per heavy atom. The van der Waals surface area contributed by atoms with Crippen molar-refractivity contribution >= 4 is 18.3 Å². The van der Waals surface area contributed by atoms with Gasteiger partial charge in [-0.3, -0.25) is 4.79 Å². The number of halogens is 1. The molecule has 3 aromatic rings. The maximum atomic E-state index is 14.0. The zero-order valence-electron chi connectivity index (χ0n) is 23.2. The molecule has 1 heterocycles. The quantitative estimate of drug-likeness (QED) is 0.290. The first-order chi connectivity index (χ1) is 19.1. The van der Waals surface area contributed by atoms with Crippen LogP contribution >= 0.6 is 12.4 Å². The fourth-order valence-electron chi connectivity index (χ4n) is 5.05. The number of nitrogens with zero attached hydrogens (tertiary/aromatic N) is 2. The van der Waals surface area contributed by atoms with Gasteiger partial charge in [0, 0.05) is 38.8 Å². The van der Waals surface area contributed by atoms with E-state index in [2.05, 4.69) is 35.7 Å². The summed E-state index contributed by atoms with van der Waals surface area (Å²) in [7, 11) is 3.25. The molecule has 212 valence electrons. The highest BCUT2D eigenvalue weighted by molar-refractivity contribution is 5.95. The van der Waals surface area contributed by atoms with Crippen LogP contribution in [0.2, 0.25) is 0 Å². The summed E-state index contributed by atoms with van der Waals surface area (Å²) >= 11 is 0. The molecule has 0 radical (unpaired) electrons. The average Bonchev–Trinajstić information content (AvgIpc) is 3.41. The standard InChI is InChI=1S/C32H37N3O4.ClH/c1-37-15-6-16-39-31-18-27(13-14-30(31)38-2)32(36)35(22-26-11-9-25(19-33)10-12-26)23-29-21-34-20-28(29)17-24-7-4-3-5-8-24;/h3-5,7-14,18,28-29,34H,6,15-17,20-23H2,1-2H3;1H/t28-,29+;/m0./s1. The van der Waals surface area contributed by atoms with Crippen molar-refractivity contribution in [2.24, 2.45) is 11.8 Å². The summed E-state index contributed by atoms with van der Waals surface area (Å²) in [4.78, 5) is 15.9. The van der Waals surface area contributed by atoms with Gasteiger partial charge in [-0.1, -0.05) is 42.5 Å². The van der Waals surface area contributed by atoms with Crippen LogP contribution in [0.15, 0.2) is 72.8 Å². The molecule has 3 aromatic carbocycles. The molecular formula is C32H38ClN3O4. The van der Waals surface area contributed by atoms with Gasteiger partial charge in [0.1, 0.15) is 0 Å². The van der Waals surface area contributed by atoms with Gasteiger partial charge in [0.05, 0.1) is 25.3 Å². The van der Waals surface area contributed by atoms with Crippen LogP contribution in [0.1, 0.15) is 33.5 Å². The Labute approximate surface area is 243 Å². The Hall–Kier alpha value is -3.57. The molecule has 8 heteroatoms. The molecule has 7 nitrogen and oxygen atoms in total. The summed E-state index contributed by atoms with van der Waals surface area (Å²) in [5.41, 5.74) is 3.45. The molecule has 1 N–H and O–H groups in total. The average molecular weight is 564 g/mol. The number of nitrogens with one attached hydrogen (secondary N) is 1. The largest absolute Gasteiger partial charge is 0.493 e. The minimum Gasteiger partial charge on any atom is -0.493 e. The number of carbonyl (C=O) groups is 1. The van der Waals surface area contributed by atoms with Crippen molar-refractivity contribution in [3.8, 4) is 17.6 Å². The predicted molar refractivity (Wildman–Crippen MR) is 158 cm³/mol. The fraction of sp³-hybridized carbons (Fsp3) is 0.375. The second kappa shape index (κ2) is 15.9. The second-order valence-electron chi connectivity index (χ2n) is 9.92. The molecule has 0 spiro atoms. The van der Waals surface area contributed by atoms with E-state index in [1.165, 1.54) is 5.56 Å². The van der Waals surface area contributed by atoms with Gasteiger partial charge in [-0.05, 0) is 72.8 Å². The third kappa shape index (κ3) is 8.46. The number of hydrogen-bond acceptors (Lipinski definition) is 6. The summed E-state index contributed by atoms with van der Waals surface area (Å²) in [5, 5.41) is 12.7. The van der Waals surface area contributed by atoms with Crippen LogP contribution in [0.5, 0.6) is 11.5 Å². The molecule has 0 unspecified atom stereocenters. The normalized spacial score (nSPS) is 16.0. The van der Waals surface area contributed by atoms with Gasteiger partial charge in [-0.25, -0.2) is 0 Å². The van der Waals surface area contributed by atoms with Gasteiger partial charge < -0.3 is 24.4 Å². The number of benzene rings is 3. The molecule has 0 saturated carbocycles. The van der Waals surface area contributed by atoms with E-state index in [0.717, 1.165) is 31.5 Å². The number of rotatable bonds is 13. The second-order valence-corrected chi connectivity index (χ2v) is 9.92. The smallest absolute Gasteiger partial charge is 0.254 e. The summed E-state index contributed by atoms with van der Waals surface area (Å²) in [6.07, 6.45) is 1.71. The fourth-order valence-corrected chi connectivity index (χ4v) is 5.05. The summed E-state index contributed by atoms with van der Waals surface area (Å²) in [6.45, 7) is 3.94. The highest BCUT2D eigenvalue weighted by atomic mass is 35.5. The molecule has 1 saturated heterocycles. The van der Waals surface area contributed by atoms with Crippen molar-refractivity contribution in [2.45, 2.75) is 19.4 Å². The van der Waals surface area contributed by atoms with Gasteiger partial charge >= 0.3 is 0 Å².